The molecule has 0 spiro atoms. The number of fused-ring (bicyclic) bond motifs is 3. The van der Waals surface area contributed by atoms with Gasteiger partial charge in [-0.2, -0.15) is 0 Å². The number of H-pyrrole nitrogens is 1. The van der Waals surface area contributed by atoms with Crippen LogP contribution in [0.1, 0.15) is 16.1 Å². The molecule has 74 valence electrons. The van der Waals surface area contributed by atoms with Gasteiger partial charge in [0.25, 0.3) is 0 Å². The molecule has 2 aromatic heterocycles. The fourth-order valence-corrected chi connectivity index (χ4v) is 1.89. The van der Waals surface area contributed by atoms with Gasteiger partial charge in [0.05, 0.1) is 11.2 Å². The highest BCUT2D eigenvalue weighted by atomic mass is 16.3. The monoisotopic (exact) mass is 199 g/mol. The molecule has 0 amide bonds. The van der Waals surface area contributed by atoms with Crippen LogP contribution in [0.15, 0.2) is 28.7 Å². The molecule has 0 aliphatic carbocycles. The molecule has 15 heavy (non-hydrogen) atoms. The van der Waals surface area contributed by atoms with E-state index in [1.165, 1.54) is 0 Å². The zero-order valence-electron chi connectivity index (χ0n) is 8.20. The molecule has 0 saturated heterocycles. The van der Waals surface area contributed by atoms with E-state index in [2.05, 4.69) is 4.98 Å². The van der Waals surface area contributed by atoms with E-state index in [-0.39, 0.29) is 0 Å². The Balaban J connectivity index is 2.50. The van der Waals surface area contributed by atoms with Gasteiger partial charge in [0.15, 0.2) is 11.9 Å². The molecular formula is C12H9NO2. The molecule has 0 saturated carbocycles. The number of para-hydroxylation sites is 1. The Morgan fingerprint density at radius 2 is 2.27 bits per heavy atom. The van der Waals surface area contributed by atoms with Gasteiger partial charge >= 0.3 is 0 Å². The summed E-state index contributed by atoms with van der Waals surface area (Å²) in [4.78, 5) is 13.6. The SMILES string of the molecule is Cc1cccc2c1oc1cc(C=O)[nH]c12. The standard InChI is InChI=1S/C12H9NO2/c1-7-3-2-4-9-11-10(15-12(7)9)5-8(6-14)13-11/h2-6,13H,1H3. The molecule has 0 unspecified atom stereocenters. The molecular weight excluding hydrogens is 190 g/mol. The topological polar surface area (TPSA) is 46.0 Å². The lowest BCUT2D eigenvalue weighted by atomic mass is 10.2. The van der Waals surface area contributed by atoms with Crippen LogP contribution in [0.25, 0.3) is 22.1 Å². The minimum Gasteiger partial charge on any atom is -0.454 e. The Kier molecular flexibility index (Phi) is 1.51. The van der Waals surface area contributed by atoms with E-state index >= 15 is 0 Å². The van der Waals surface area contributed by atoms with Crippen molar-refractivity contribution in [3.8, 4) is 0 Å². The first-order chi connectivity index (χ1) is 7.29. The first-order valence-electron chi connectivity index (χ1n) is 4.75. The maximum Gasteiger partial charge on any atom is 0.166 e. The van der Waals surface area contributed by atoms with Gasteiger partial charge in [-0.3, -0.25) is 4.79 Å². The summed E-state index contributed by atoms with van der Waals surface area (Å²) in [6.07, 6.45) is 0.789. The van der Waals surface area contributed by atoms with Gasteiger partial charge in [-0.15, -0.1) is 0 Å². The van der Waals surface area contributed by atoms with Crippen LogP contribution in [0.4, 0.5) is 0 Å². The highest BCUT2D eigenvalue weighted by molar-refractivity contribution is 6.05. The number of aromatic amines is 1. The maximum atomic E-state index is 10.6. The smallest absolute Gasteiger partial charge is 0.166 e. The van der Waals surface area contributed by atoms with E-state index in [1.54, 1.807) is 6.07 Å². The van der Waals surface area contributed by atoms with Gasteiger partial charge in [-0.1, -0.05) is 12.1 Å². The third kappa shape index (κ3) is 1.03. The lowest BCUT2D eigenvalue weighted by Crippen LogP contribution is -1.77. The van der Waals surface area contributed by atoms with Crippen LogP contribution < -0.4 is 0 Å². The lowest BCUT2D eigenvalue weighted by Gasteiger charge is -1.92. The van der Waals surface area contributed by atoms with Crippen LogP contribution in [0.2, 0.25) is 0 Å². The quantitative estimate of drug-likeness (QED) is 0.612. The summed E-state index contributed by atoms with van der Waals surface area (Å²) in [6, 6.07) is 7.69. The average molecular weight is 199 g/mol. The number of aryl methyl sites for hydroxylation is 1. The van der Waals surface area contributed by atoms with Gasteiger partial charge in [0, 0.05) is 11.5 Å². The molecule has 3 rings (SSSR count). The average Bonchev–Trinajstić information content (AvgIpc) is 2.76. The Morgan fingerprint density at radius 1 is 1.40 bits per heavy atom. The van der Waals surface area contributed by atoms with Gasteiger partial charge < -0.3 is 9.40 Å². The van der Waals surface area contributed by atoms with Crippen LogP contribution in [0.5, 0.6) is 0 Å². The summed E-state index contributed by atoms with van der Waals surface area (Å²) in [5.74, 6) is 0. The van der Waals surface area contributed by atoms with E-state index in [9.17, 15) is 4.79 Å². The fourth-order valence-electron chi connectivity index (χ4n) is 1.89. The van der Waals surface area contributed by atoms with E-state index in [4.69, 9.17) is 4.42 Å². The van der Waals surface area contributed by atoms with E-state index in [0.717, 1.165) is 33.9 Å². The third-order valence-electron chi connectivity index (χ3n) is 2.62. The zero-order chi connectivity index (χ0) is 10.4. The molecule has 3 nitrogen and oxygen atoms in total. The van der Waals surface area contributed by atoms with Gasteiger partial charge in [-0.25, -0.2) is 0 Å². The van der Waals surface area contributed by atoms with Crippen LogP contribution in [-0.4, -0.2) is 11.3 Å². The Hall–Kier alpha value is -2.03. The summed E-state index contributed by atoms with van der Waals surface area (Å²) in [7, 11) is 0. The molecule has 0 radical (unpaired) electrons. The van der Waals surface area contributed by atoms with Crippen LogP contribution in [-0.2, 0) is 0 Å². The van der Waals surface area contributed by atoms with Crippen molar-refractivity contribution in [2.45, 2.75) is 6.92 Å². The lowest BCUT2D eigenvalue weighted by molar-refractivity contribution is 0.111. The molecule has 0 bridgehead atoms. The first-order valence-corrected chi connectivity index (χ1v) is 4.75. The predicted molar refractivity (Wildman–Crippen MR) is 58.2 cm³/mol. The number of aldehydes is 1. The molecule has 0 aliphatic rings. The first kappa shape index (κ1) is 8.29. The minimum absolute atomic E-state index is 0.548. The highest BCUT2D eigenvalue weighted by Crippen LogP contribution is 2.30. The summed E-state index contributed by atoms with van der Waals surface area (Å²) in [5, 5.41) is 1.03. The number of hydrogen-bond acceptors (Lipinski definition) is 2. The van der Waals surface area contributed by atoms with Crippen LogP contribution in [0.3, 0.4) is 0 Å². The number of carbonyl (C=O) groups is 1. The Morgan fingerprint density at radius 3 is 3.07 bits per heavy atom. The van der Waals surface area contributed by atoms with Crippen molar-refractivity contribution in [1.82, 2.24) is 4.98 Å². The van der Waals surface area contributed by atoms with Crippen molar-refractivity contribution in [3.63, 3.8) is 0 Å². The number of furan rings is 1. The van der Waals surface area contributed by atoms with Crippen LogP contribution in [0, 0.1) is 6.92 Å². The second-order valence-electron chi connectivity index (χ2n) is 3.64. The summed E-state index contributed by atoms with van der Waals surface area (Å²) in [6.45, 7) is 2.01. The van der Waals surface area contributed by atoms with E-state index < -0.39 is 0 Å². The number of hydrogen-bond donors (Lipinski definition) is 1. The summed E-state index contributed by atoms with van der Waals surface area (Å²) >= 11 is 0. The Labute approximate surface area is 85.7 Å². The van der Waals surface area contributed by atoms with Crippen molar-refractivity contribution in [2.75, 3.05) is 0 Å². The molecule has 1 aromatic carbocycles. The largest absolute Gasteiger partial charge is 0.454 e. The predicted octanol–water partition coefficient (Wildman–Crippen LogP) is 3.04. The maximum absolute atomic E-state index is 10.6. The normalized spacial score (nSPS) is 11.3. The molecule has 3 aromatic rings. The second kappa shape index (κ2) is 2.73. The summed E-state index contributed by atoms with van der Waals surface area (Å²) < 4.78 is 5.68. The van der Waals surface area contributed by atoms with Crippen molar-refractivity contribution in [2.24, 2.45) is 0 Å². The van der Waals surface area contributed by atoms with E-state index in [1.807, 2.05) is 25.1 Å². The minimum atomic E-state index is 0.548. The number of nitrogens with one attached hydrogen (secondary N) is 1. The fraction of sp³-hybridized carbons (Fsp3) is 0.0833. The Bertz CT molecular complexity index is 661. The van der Waals surface area contributed by atoms with E-state index in [0.29, 0.717) is 5.69 Å². The van der Waals surface area contributed by atoms with Gasteiger partial charge in [0.1, 0.15) is 5.58 Å². The van der Waals surface area contributed by atoms with Crippen molar-refractivity contribution < 1.29 is 9.21 Å². The second-order valence-corrected chi connectivity index (χ2v) is 3.64. The number of rotatable bonds is 1. The zero-order valence-corrected chi connectivity index (χ0v) is 8.20. The number of benzene rings is 1. The molecule has 3 heteroatoms. The number of carbonyl (C=O) groups excluding carboxylic acids is 1. The molecule has 0 fully saturated rings. The van der Waals surface area contributed by atoms with Gasteiger partial charge in [-0.05, 0) is 18.6 Å². The summed E-state index contributed by atoms with van der Waals surface area (Å²) in [5.41, 5.74) is 4.17. The van der Waals surface area contributed by atoms with Gasteiger partial charge in [0.2, 0.25) is 0 Å². The molecule has 0 aliphatic heterocycles. The molecule has 0 atom stereocenters. The highest BCUT2D eigenvalue weighted by Gasteiger charge is 2.10. The third-order valence-corrected chi connectivity index (χ3v) is 2.62. The van der Waals surface area contributed by atoms with Crippen molar-refractivity contribution in [3.05, 3.63) is 35.5 Å². The molecule has 2 heterocycles. The van der Waals surface area contributed by atoms with Crippen molar-refractivity contribution >= 4 is 28.4 Å². The number of aromatic nitrogens is 1. The van der Waals surface area contributed by atoms with Crippen molar-refractivity contribution in [1.29, 1.82) is 0 Å². The van der Waals surface area contributed by atoms with Crippen LogP contribution >= 0.6 is 0 Å². The molecule has 1 N–H and O–H groups in total.